The zero-order valence-corrected chi connectivity index (χ0v) is 11.4. The SMILES string of the molecule is O=C(NCc1cccc(Cl)c1)c1ccc(C(F)(F)F)nc1. The van der Waals surface area contributed by atoms with Crippen molar-refractivity contribution in [2.75, 3.05) is 0 Å². The molecule has 0 bridgehead atoms. The van der Waals surface area contributed by atoms with Gasteiger partial charge in [0.1, 0.15) is 5.69 Å². The van der Waals surface area contributed by atoms with Crippen LogP contribution in [0.4, 0.5) is 13.2 Å². The number of aromatic nitrogens is 1. The number of benzene rings is 1. The zero-order chi connectivity index (χ0) is 15.5. The van der Waals surface area contributed by atoms with E-state index in [9.17, 15) is 18.0 Å². The number of pyridine rings is 1. The van der Waals surface area contributed by atoms with E-state index in [1.54, 1.807) is 24.3 Å². The van der Waals surface area contributed by atoms with E-state index in [-0.39, 0.29) is 12.1 Å². The molecule has 0 aliphatic heterocycles. The largest absolute Gasteiger partial charge is 0.433 e. The van der Waals surface area contributed by atoms with Crippen LogP contribution in [-0.4, -0.2) is 10.9 Å². The lowest BCUT2D eigenvalue weighted by Crippen LogP contribution is -2.23. The van der Waals surface area contributed by atoms with Crippen molar-refractivity contribution in [1.82, 2.24) is 10.3 Å². The summed E-state index contributed by atoms with van der Waals surface area (Å²) in [5.41, 5.74) is -0.186. The summed E-state index contributed by atoms with van der Waals surface area (Å²) in [5, 5.41) is 3.12. The van der Waals surface area contributed by atoms with Crippen molar-refractivity contribution in [1.29, 1.82) is 0 Å². The number of carbonyl (C=O) groups excluding carboxylic acids is 1. The molecular formula is C14H10ClF3N2O. The van der Waals surface area contributed by atoms with E-state index in [0.717, 1.165) is 23.9 Å². The summed E-state index contributed by atoms with van der Waals surface area (Å²) in [4.78, 5) is 15.0. The summed E-state index contributed by atoms with van der Waals surface area (Å²) in [6.07, 6.45) is -3.62. The fourth-order valence-corrected chi connectivity index (χ4v) is 1.84. The van der Waals surface area contributed by atoms with Crippen LogP contribution in [0.1, 0.15) is 21.6 Å². The first kappa shape index (κ1) is 15.3. The quantitative estimate of drug-likeness (QED) is 0.939. The van der Waals surface area contributed by atoms with Crippen LogP contribution < -0.4 is 5.32 Å². The highest BCUT2D eigenvalue weighted by molar-refractivity contribution is 6.30. The van der Waals surface area contributed by atoms with Crippen LogP contribution in [0.25, 0.3) is 0 Å². The lowest BCUT2D eigenvalue weighted by molar-refractivity contribution is -0.141. The molecule has 0 fully saturated rings. The third-order valence-electron chi connectivity index (χ3n) is 2.66. The molecule has 0 spiro atoms. The van der Waals surface area contributed by atoms with Crippen molar-refractivity contribution in [3.63, 3.8) is 0 Å². The van der Waals surface area contributed by atoms with Gasteiger partial charge in [0, 0.05) is 17.8 Å². The van der Waals surface area contributed by atoms with Crippen molar-refractivity contribution in [3.05, 3.63) is 64.4 Å². The van der Waals surface area contributed by atoms with Crippen molar-refractivity contribution in [2.45, 2.75) is 12.7 Å². The van der Waals surface area contributed by atoms with E-state index >= 15 is 0 Å². The highest BCUT2D eigenvalue weighted by Gasteiger charge is 2.32. The number of nitrogens with one attached hydrogen (secondary N) is 1. The molecule has 1 amide bonds. The van der Waals surface area contributed by atoms with E-state index in [1.807, 2.05) is 0 Å². The fraction of sp³-hybridized carbons (Fsp3) is 0.143. The van der Waals surface area contributed by atoms with Gasteiger partial charge in [-0.15, -0.1) is 0 Å². The molecule has 1 heterocycles. The summed E-state index contributed by atoms with van der Waals surface area (Å²) in [6.45, 7) is 0.223. The summed E-state index contributed by atoms with van der Waals surface area (Å²) < 4.78 is 37.1. The second-order valence-corrected chi connectivity index (χ2v) is 4.68. The predicted molar refractivity (Wildman–Crippen MR) is 71.9 cm³/mol. The smallest absolute Gasteiger partial charge is 0.348 e. The molecule has 0 saturated heterocycles. The van der Waals surface area contributed by atoms with Crippen LogP contribution >= 0.6 is 11.6 Å². The van der Waals surface area contributed by atoms with Gasteiger partial charge < -0.3 is 5.32 Å². The number of alkyl halides is 3. The molecule has 7 heteroatoms. The minimum absolute atomic E-state index is 0.0602. The standard InChI is InChI=1S/C14H10ClF3N2O/c15-11-3-1-2-9(6-11)7-20-13(21)10-4-5-12(19-8-10)14(16,17)18/h1-6,8H,7H2,(H,20,21). The Labute approximate surface area is 123 Å². The summed E-state index contributed by atoms with van der Waals surface area (Å²) in [5.74, 6) is -0.504. The van der Waals surface area contributed by atoms with Gasteiger partial charge in [-0.05, 0) is 29.8 Å². The third-order valence-corrected chi connectivity index (χ3v) is 2.89. The number of hydrogen-bond acceptors (Lipinski definition) is 2. The molecule has 1 N–H and O–H groups in total. The molecule has 21 heavy (non-hydrogen) atoms. The summed E-state index contributed by atoms with van der Waals surface area (Å²) in [7, 11) is 0. The van der Waals surface area contributed by atoms with Gasteiger partial charge in [-0.2, -0.15) is 13.2 Å². The van der Waals surface area contributed by atoms with Gasteiger partial charge in [0.25, 0.3) is 5.91 Å². The van der Waals surface area contributed by atoms with E-state index in [4.69, 9.17) is 11.6 Å². The monoisotopic (exact) mass is 314 g/mol. The molecule has 110 valence electrons. The van der Waals surface area contributed by atoms with E-state index < -0.39 is 17.8 Å². The maximum Gasteiger partial charge on any atom is 0.433 e. The lowest BCUT2D eigenvalue weighted by atomic mass is 10.2. The van der Waals surface area contributed by atoms with Crippen molar-refractivity contribution in [2.24, 2.45) is 0 Å². The third kappa shape index (κ3) is 4.19. The molecule has 0 atom stereocenters. The van der Waals surface area contributed by atoms with Crippen LogP contribution in [-0.2, 0) is 12.7 Å². The van der Waals surface area contributed by atoms with Crippen LogP contribution in [0.15, 0.2) is 42.6 Å². The first-order chi connectivity index (χ1) is 9.86. The Balaban J connectivity index is 2.00. The Morgan fingerprint density at radius 2 is 2.00 bits per heavy atom. The van der Waals surface area contributed by atoms with Gasteiger partial charge in [-0.3, -0.25) is 9.78 Å². The van der Waals surface area contributed by atoms with Gasteiger partial charge >= 0.3 is 6.18 Å². The summed E-state index contributed by atoms with van der Waals surface area (Å²) in [6, 6.07) is 8.76. The zero-order valence-electron chi connectivity index (χ0n) is 10.6. The van der Waals surface area contributed by atoms with Crippen LogP contribution in [0, 0.1) is 0 Å². The number of amides is 1. The van der Waals surface area contributed by atoms with Gasteiger partial charge in [-0.1, -0.05) is 23.7 Å². The number of nitrogens with zero attached hydrogens (tertiary/aromatic N) is 1. The molecule has 3 nitrogen and oxygen atoms in total. The molecule has 0 unspecified atom stereocenters. The van der Waals surface area contributed by atoms with E-state index in [2.05, 4.69) is 10.3 Å². The van der Waals surface area contributed by atoms with Crippen LogP contribution in [0.3, 0.4) is 0 Å². The van der Waals surface area contributed by atoms with E-state index in [0.29, 0.717) is 5.02 Å². The fourth-order valence-electron chi connectivity index (χ4n) is 1.63. The van der Waals surface area contributed by atoms with Crippen molar-refractivity contribution in [3.8, 4) is 0 Å². The summed E-state index contributed by atoms with van der Waals surface area (Å²) >= 11 is 5.81. The maximum absolute atomic E-state index is 12.4. The molecule has 2 aromatic rings. The lowest BCUT2D eigenvalue weighted by Gasteiger charge is -2.08. The number of rotatable bonds is 3. The molecular weight excluding hydrogens is 305 g/mol. The molecule has 2 rings (SSSR count). The van der Waals surface area contributed by atoms with Crippen molar-refractivity contribution < 1.29 is 18.0 Å². The Morgan fingerprint density at radius 3 is 2.57 bits per heavy atom. The highest BCUT2D eigenvalue weighted by Crippen LogP contribution is 2.27. The molecule has 0 radical (unpaired) electrons. The van der Waals surface area contributed by atoms with Gasteiger partial charge in [-0.25, -0.2) is 0 Å². The van der Waals surface area contributed by atoms with Gasteiger partial charge in [0.15, 0.2) is 0 Å². The molecule has 0 aliphatic carbocycles. The number of halogens is 4. The molecule has 1 aromatic heterocycles. The second-order valence-electron chi connectivity index (χ2n) is 4.24. The molecule has 0 saturated carbocycles. The van der Waals surface area contributed by atoms with E-state index in [1.165, 1.54) is 0 Å². The Bertz CT molecular complexity index is 641. The van der Waals surface area contributed by atoms with Crippen LogP contribution in [0.2, 0.25) is 5.02 Å². The number of hydrogen-bond donors (Lipinski definition) is 1. The van der Waals surface area contributed by atoms with Crippen LogP contribution in [0.5, 0.6) is 0 Å². The Kier molecular flexibility index (Phi) is 4.47. The molecule has 0 aliphatic rings. The highest BCUT2D eigenvalue weighted by atomic mass is 35.5. The normalized spacial score (nSPS) is 11.2. The van der Waals surface area contributed by atoms with Gasteiger partial charge in [0.2, 0.25) is 0 Å². The first-order valence-electron chi connectivity index (χ1n) is 5.92. The van der Waals surface area contributed by atoms with Crippen molar-refractivity contribution >= 4 is 17.5 Å². The minimum atomic E-state index is -4.52. The average Bonchev–Trinajstić information content (AvgIpc) is 2.44. The van der Waals surface area contributed by atoms with Gasteiger partial charge in [0.05, 0.1) is 5.56 Å². The Hall–Kier alpha value is -2.08. The maximum atomic E-state index is 12.4. The average molecular weight is 315 g/mol. The first-order valence-corrected chi connectivity index (χ1v) is 6.30. The molecule has 1 aromatic carbocycles. The predicted octanol–water partition coefficient (Wildman–Crippen LogP) is 3.68. The minimum Gasteiger partial charge on any atom is -0.348 e. The topological polar surface area (TPSA) is 42.0 Å². The number of carbonyl (C=O) groups is 1. The second kappa shape index (κ2) is 6.13. The Morgan fingerprint density at radius 1 is 1.24 bits per heavy atom.